The molecule has 138 valence electrons. The van der Waals surface area contributed by atoms with Crippen LogP contribution < -0.4 is 9.46 Å². The maximum atomic E-state index is 13.0. The molecule has 2 heterocycles. The van der Waals surface area contributed by atoms with Gasteiger partial charge in [0.2, 0.25) is 0 Å². The molecule has 2 aromatic heterocycles. The molecule has 1 aromatic carbocycles. The molecule has 0 atom stereocenters. The summed E-state index contributed by atoms with van der Waals surface area (Å²) in [5.74, 6) is 1.34. The van der Waals surface area contributed by atoms with E-state index in [1.165, 1.54) is 0 Å². The summed E-state index contributed by atoms with van der Waals surface area (Å²) in [5.41, 5.74) is 1.95. The van der Waals surface area contributed by atoms with Crippen LogP contribution in [0.5, 0.6) is 5.75 Å². The summed E-state index contributed by atoms with van der Waals surface area (Å²) in [6, 6.07) is 6.62. The van der Waals surface area contributed by atoms with Crippen molar-refractivity contribution in [1.29, 1.82) is 0 Å². The lowest BCUT2D eigenvalue weighted by molar-refractivity contribution is 0.415. The van der Waals surface area contributed by atoms with Crippen molar-refractivity contribution in [2.75, 3.05) is 11.8 Å². The molecule has 0 aliphatic heterocycles. The molecule has 0 aliphatic carbocycles. The summed E-state index contributed by atoms with van der Waals surface area (Å²) in [6.07, 6.45) is 0.595. The number of aromatic nitrogens is 3. The number of nitrogens with one attached hydrogen (secondary N) is 2. The molecule has 0 fully saturated rings. The van der Waals surface area contributed by atoms with E-state index in [-0.39, 0.29) is 10.8 Å². The Balaban J connectivity index is 2.04. The van der Waals surface area contributed by atoms with Crippen LogP contribution in [-0.2, 0) is 16.4 Å². The molecule has 2 N–H and O–H groups in total. The van der Waals surface area contributed by atoms with Crippen LogP contribution in [-0.4, -0.2) is 30.7 Å². The monoisotopic (exact) mass is 376 g/mol. The van der Waals surface area contributed by atoms with Gasteiger partial charge in [0.05, 0.1) is 12.7 Å². The average molecular weight is 376 g/mol. The van der Waals surface area contributed by atoms with Gasteiger partial charge in [0.15, 0.2) is 5.82 Å². The number of aryl methyl sites for hydroxylation is 3. The highest BCUT2D eigenvalue weighted by Crippen LogP contribution is 2.33. The fraction of sp³-hybridized carbons (Fsp3) is 0.294. The second kappa shape index (κ2) is 6.83. The van der Waals surface area contributed by atoms with Gasteiger partial charge in [0.25, 0.3) is 15.9 Å². The van der Waals surface area contributed by atoms with E-state index in [2.05, 4.69) is 19.8 Å². The van der Waals surface area contributed by atoms with E-state index in [1.807, 2.05) is 6.92 Å². The smallest absolute Gasteiger partial charge is 0.264 e. The van der Waals surface area contributed by atoms with E-state index in [0.29, 0.717) is 40.6 Å². The van der Waals surface area contributed by atoms with Crippen LogP contribution in [0.1, 0.15) is 24.1 Å². The van der Waals surface area contributed by atoms with Gasteiger partial charge in [-0.1, -0.05) is 12.1 Å². The molecule has 3 aromatic rings. The SMILES string of the molecule is CCc1noc(-c2c(C)[nH]c(C)c2S(=O)(=O)Nc2ccc(OC)cc2)n1. The number of benzene rings is 1. The highest BCUT2D eigenvalue weighted by Gasteiger charge is 2.29. The van der Waals surface area contributed by atoms with Crippen LogP contribution >= 0.6 is 0 Å². The number of anilines is 1. The van der Waals surface area contributed by atoms with Crippen LogP contribution in [0, 0.1) is 13.8 Å². The lowest BCUT2D eigenvalue weighted by Crippen LogP contribution is -2.14. The van der Waals surface area contributed by atoms with Gasteiger partial charge in [-0.15, -0.1) is 0 Å². The van der Waals surface area contributed by atoms with Gasteiger partial charge in [-0.2, -0.15) is 4.98 Å². The molecule has 26 heavy (non-hydrogen) atoms. The van der Waals surface area contributed by atoms with Gasteiger partial charge >= 0.3 is 0 Å². The minimum atomic E-state index is -3.87. The van der Waals surface area contributed by atoms with Crippen LogP contribution in [0.4, 0.5) is 5.69 Å². The van der Waals surface area contributed by atoms with Gasteiger partial charge in [-0.05, 0) is 38.1 Å². The third-order valence-corrected chi connectivity index (χ3v) is 5.48. The van der Waals surface area contributed by atoms with Crippen molar-refractivity contribution in [3.8, 4) is 17.2 Å². The molecule has 9 heteroatoms. The van der Waals surface area contributed by atoms with Crippen LogP contribution in [0.15, 0.2) is 33.7 Å². The molecule has 0 radical (unpaired) electrons. The lowest BCUT2D eigenvalue weighted by Gasteiger charge is -2.10. The topological polar surface area (TPSA) is 110 Å². The van der Waals surface area contributed by atoms with Crippen molar-refractivity contribution in [2.45, 2.75) is 32.1 Å². The Kier molecular flexibility index (Phi) is 4.73. The van der Waals surface area contributed by atoms with Crippen LogP contribution in [0.2, 0.25) is 0 Å². The van der Waals surface area contributed by atoms with Crippen LogP contribution in [0.3, 0.4) is 0 Å². The summed E-state index contributed by atoms with van der Waals surface area (Å²) < 4.78 is 38.9. The minimum Gasteiger partial charge on any atom is -0.497 e. The molecule has 8 nitrogen and oxygen atoms in total. The predicted molar refractivity (Wildman–Crippen MR) is 96.7 cm³/mol. The van der Waals surface area contributed by atoms with Gasteiger partial charge in [-0.3, -0.25) is 4.72 Å². The highest BCUT2D eigenvalue weighted by molar-refractivity contribution is 7.93. The number of H-pyrrole nitrogens is 1. The number of rotatable bonds is 6. The summed E-state index contributed by atoms with van der Waals surface area (Å²) >= 11 is 0. The first-order valence-electron chi connectivity index (χ1n) is 8.04. The van der Waals surface area contributed by atoms with E-state index in [9.17, 15) is 8.42 Å². The second-order valence-electron chi connectivity index (χ2n) is 5.78. The highest BCUT2D eigenvalue weighted by atomic mass is 32.2. The molecule has 3 rings (SSSR count). The number of methoxy groups -OCH3 is 1. The first-order valence-corrected chi connectivity index (χ1v) is 9.53. The molecule has 0 saturated carbocycles. The zero-order valence-electron chi connectivity index (χ0n) is 15.0. The van der Waals surface area contributed by atoms with Crippen LogP contribution in [0.25, 0.3) is 11.5 Å². The number of nitrogens with zero attached hydrogens (tertiary/aromatic N) is 2. The van der Waals surface area contributed by atoms with Crippen molar-refractivity contribution < 1.29 is 17.7 Å². The molecular weight excluding hydrogens is 356 g/mol. The number of ether oxygens (including phenoxy) is 1. The summed E-state index contributed by atoms with van der Waals surface area (Å²) in [4.78, 5) is 7.41. The van der Waals surface area contributed by atoms with Crippen molar-refractivity contribution in [3.05, 3.63) is 41.5 Å². The maximum Gasteiger partial charge on any atom is 0.264 e. The molecular formula is C17H20N4O4S. The number of aromatic amines is 1. The Labute approximate surface area is 151 Å². The summed E-state index contributed by atoms with van der Waals surface area (Å²) in [5, 5.41) is 3.86. The largest absolute Gasteiger partial charge is 0.497 e. The van der Waals surface area contributed by atoms with Crippen molar-refractivity contribution >= 4 is 15.7 Å². The maximum absolute atomic E-state index is 13.0. The summed E-state index contributed by atoms with van der Waals surface area (Å²) in [6.45, 7) is 5.35. The zero-order valence-corrected chi connectivity index (χ0v) is 15.8. The van der Waals surface area contributed by atoms with E-state index >= 15 is 0 Å². The van der Waals surface area contributed by atoms with Crippen molar-refractivity contribution in [3.63, 3.8) is 0 Å². The molecule has 0 amide bonds. The van der Waals surface area contributed by atoms with Crippen molar-refractivity contribution in [2.24, 2.45) is 0 Å². The Morgan fingerprint density at radius 3 is 2.46 bits per heavy atom. The standard InChI is InChI=1S/C17H20N4O4S/c1-5-14-19-17(25-20-14)15-10(2)18-11(3)16(15)26(22,23)21-12-6-8-13(24-4)9-7-12/h6-9,18,21H,5H2,1-4H3. The van der Waals surface area contributed by atoms with E-state index in [1.54, 1.807) is 45.2 Å². The fourth-order valence-corrected chi connectivity index (χ4v) is 4.23. The van der Waals surface area contributed by atoms with Gasteiger partial charge < -0.3 is 14.2 Å². The second-order valence-corrected chi connectivity index (χ2v) is 7.40. The Morgan fingerprint density at radius 1 is 1.19 bits per heavy atom. The van der Waals surface area contributed by atoms with Gasteiger partial charge in [0, 0.05) is 23.5 Å². The molecule has 0 saturated heterocycles. The Morgan fingerprint density at radius 2 is 1.88 bits per heavy atom. The van der Waals surface area contributed by atoms with E-state index < -0.39 is 10.0 Å². The number of hydrogen-bond donors (Lipinski definition) is 2. The summed E-state index contributed by atoms with van der Waals surface area (Å²) in [7, 11) is -2.32. The third-order valence-electron chi connectivity index (χ3n) is 3.93. The molecule has 0 spiro atoms. The zero-order chi connectivity index (χ0) is 18.9. The van der Waals surface area contributed by atoms with Gasteiger partial charge in [-0.25, -0.2) is 8.42 Å². The quantitative estimate of drug-likeness (QED) is 0.684. The van der Waals surface area contributed by atoms with Gasteiger partial charge in [0.1, 0.15) is 10.6 Å². The van der Waals surface area contributed by atoms with E-state index in [0.717, 1.165) is 0 Å². The Hall–Kier alpha value is -2.81. The normalized spacial score (nSPS) is 11.5. The van der Waals surface area contributed by atoms with Crippen molar-refractivity contribution in [1.82, 2.24) is 15.1 Å². The first-order chi connectivity index (χ1) is 12.4. The molecule has 0 unspecified atom stereocenters. The molecule has 0 bridgehead atoms. The minimum absolute atomic E-state index is 0.0946. The molecule has 0 aliphatic rings. The first kappa shape index (κ1) is 18.0. The predicted octanol–water partition coefficient (Wildman–Crippen LogP) is 3.05. The third kappa shape index (κ3) is 3.30. The number of hydrogen-bond acceptors (Lipinski definition) is 6. The van der Waals surface area contributed by atoms with E-state index in [4.69, 9.17) is 9.26 Å². The average Bonchev–Trinajstić information content (AvgIpc) is 3.19. The fourth-order valence-electron chi connectivity index (χ4n) is 2.72. The Bertz CT molecular complexity index is 1020. The number of sulfonamides is 1. The lowest BCUT2D eigenvalue weighted by atomic mass is 10.2.